The molecule has 11 heteroatoms. The number of likely N-dealkylation sites (N-methyl/N-ethyl adjacent to an activating group) is 1. The molecule has 0 radical (unpaired) electrons. The molecular formula is C28H34ClN7O3. The highest BCUT2D eigenvalue weighted by Crippen LogP contribution is 2.46. The number of benzene rings is 1. The number of amides is 1. The monoisotopic (exact) mass is 551 g/mol. The van der Waals surface area contributed by atoms with Crippen molar-refractivity contribution in [2.45, 2.75) is 12.5 Å². The molecule has 2 bridgehead atoms. The van der Waals surface area contributed by atoms with Crippen LogP contribution in [-0.2, 0) is 4.79 Å². The van der Waals surface area contributed by atoms with E-state index < -0.39 is 0 Å². The molecule has 2 fully saturated rings. The van der Waals surface area contributed by atoms with E-state index in [2.05, 4.69) is 61.7 Å². The molecule has 3 aliphatic rings. The third kappa shape index (κ3) is 4.81. The van der Waals surface area contributed by atoms with Gasteiger partial charge >= 0.3 is 0 Å². The molecule has 1 aliphatic heterocycles. The van der Waals surface area contributed by atoms with Crippen LogP contribution in [0.3, 0.4) is 0 Å². The number of aromatic amines is 1. The maximum atomic E-state index is 13.0. The summed E-state index contributed by atoms with van der Waals surface area (Å²) < 4.78 is 5.79. The number of ether oxygens (including phenoxy) is 1. The first-order valence-electron chi connectivity index (χ1n) is 13.5. The molecule has 3 aromatic rings. The lowest BCUT2D eigenvalue weighted by atomic mass is 9.87. The fourth-order valence-corrected chi connectivity index (χ4v) is 6.38. The fourth-order valence-electron chi connectivity index (χ4n) is 6.18. The Morgan fingerprint density at radius 3 is 2.79 bits per heavy atom. The molecule has 2 aliphatic carbocycles. The molecule has 1 amide bonds. The van der Waals surface area contributed by atoms with E-state index >= 15 is 0 Å². The summed E-state index contributed by atoms with van der Waals surface area (Å²) in [6.07, 6.45) is 6.80. The quantitative estimate of drug-likeness (QED) is 0.316. The van der Waals surface area contributed by atoms with E-state index in [0.717, 1.165) is 49.6 Å². The van der Waals surface area contributed by atoms with Crippen LogP contribution in [0.25, 0.3) is 22.6 Å². The molecule has 6 rings (SSSR count). The summed E-state index contributed by atoms with van der Waals surface area (Å²) in [6.45, 7) is 4.14. The highest BCUT2D eigenvalue weighted by molar-refractivity contribution is 6.34. The lowest BCUT2D eigenvalue weighted by Crippen LogP contribution is -2.44. The number of allylic oxidation sites excluding steroid dienone is 1. The van der Waals surface area contributed by atoms with Gasteiger partial charge in [0.1, 0.15) is 17.1 Å². The van der Waals surface area contributed by atoms with Crippen molar-refractivity contribution in [1.29, 1.82) is 0 Å². The van der Waals surface area contributed by atoms with Crippen molar-refractivity contribution < 1.29 is 14.6 Å². The van der Waals surface area contributed by atoms with Gasteiger partial charge in [0, 0.05) is 50.5 Å². The molecule has 1 saturated heterocycles. The molecule has 206 valence electrons. The summed E-state index contributed by atoms with van der Waals surface area (Å²) in [7, 11) is 3.81. The number of nitrogens with zero attached hydrogens (tertiary/aromatic N) is 4. The third-order valence-corrected chi connectivity index (χ3v) is 8.55. The van der Waals surface area contributed by atoms with Crippen LogP contribution in [0.2, 0.25) is 5.02 Å². The standard InChI is InChI=1S/C28H34ClN7O3/c1-35-8-10-36(11-9-35)18-5-6-19(21(14-18)39-2)26-33-25-24(20(29)15-31-27(25)34-26)32-23-17-4-3-16(13-17)22(23)28(38)30-7-12-37/h3-6,14-17,22-23,37H,7-13H2,1-2H3,(H,30,38)(H2,31,32,33,34). The Morgan fingerprint density at radius 1 is 1.23 bits per heavy atom. The minimum atomic E-state index is -0.254. The molecule has 1 saturated carbocycles. The second-order valence-corrected chi connectivity index (χ2v) is 11.0. The zero-order chi connectivity index (χ0) is 27.1. The van der Waals surface area contributed by atoms with Gasteiger partial charge in [-0.25, -0.2) is 9.97 Å². The van der Waals surface area contributed by atoms with Crippen molar-refractivity contribution in [3.8, 4) is 17.1 Å². The Bertz CT molecular complexity index is 1400. The van der Waals surface area contributed by atoms with E-state index in [9.17, 15) is 9.90 Å². The second-order valence-electron chi connectivity index (χ2n) is 10.6. The number of pyridine rings is 1. The maximum Gasteiger partial charge on any atom is 0.225 e. The highest BCUT2D eigenvalue weighted by atomic mass is 35.5. The van der Waals surface area contributed by atoms with Gasteiger partial charge in [-0.2, -0.15) is 0 Å². The number of methoxy groups -OCH3 is 1. The number of aliphatic hydroxyl groups is 1. The summed E-state index contributed by atoms with van der Waals surface area (Å²) in [4.78, 5) is 30.3. The lowest BCUT2D eigenvalue weighted by Gasteiger charge is -2.34. The summed E-state index contributed by atoms with van der Waals surface area (Å²) in [5.74, 6) is 1.41. The number of aliphatic hydroxyl groups excluding tert-OH is 1. The fraction of sp³-hybridized carbons (Fsp3) is 0.464. The topological polar surface area (TPSA) is 119 Å². The Kier molecular flexibility index (Phi) is 7.09. The highest BCUT2D eigenvalue weighted by Gasteiger charge is 2.48. The summed E-state index contributed by atoms with van der Waals surface area (Å²) in [6, 6.07) is 6.06. The first kappa shape index (κ1) is 25.9. The van der Waals surface area contributed by atoms with Crippen LogP contribution >= 0.6 is 11.6 Å². The third-order valence-electron chi connectivity index (χ3n) is 8.27. The zero-order valence-corrected chi connectivity index (χ0v) is 22.9. The minimum Gasteiger partial charge on any atom is -0.496 e. The smallest absolute Gasteiger partial charge is 0.225 e. The number of H-pyrrole nitrogens is 1. The van der Waals surface area contributed by atoms with E-state index in [1.165, 1.54) is 0 Å². The molecule has 1 aromatic carbocycles. The predicted octanol–water partition coefficient (Wildman–Crippen LogP) is 2.75. The van der Waals surface area contributed by atoms with Crippen LogP contribution in [0.5, 0.6) is 5.75 Å². The summed E-state index contributed by atoms with van der Waals surface area (Å²) >= 11 is 6.67. The van der Waals surface area contributed by atoms with Crippen LogP contribution in [0.1, 0.15) is 6.42 Å². The number of carbonyl (C=O) groups is 1. The molecule has 3 heterocycles. The van der Waals surface area contributed by atoms with Crippen molar-refractivity contribution >= 4 is 40.0 Å². The molecular weight excluding hydrogens is 518 g/mol. The van der Waals surface area contributed by atoms with Crippen molar-refractivity contribution in [2.75, 3.05) is 63.7 Å². The van der Waals surface area contributed by atoms with E-state index in [-0.39, 0.29) is 42.9 Å². The molecule has 0 spiro atoms. The van der Waals surface area contributed by atoms with Crippen LogP contribution in [0, 0.1) is 17.8 Å². The number of rotatable bonds is 8. The van der Waals surface area contributed by atoms with Gasteiger partial charge in [-0.05, 0) is 37.4 Å². The van der Waals surface area contributed by atoms with Crippen LogP contribution in [-0.4, -0.2) is 90.4 Å². The van der Waals surface area contributed by atoms with E-state index in [4.69, 9.17) is 21.3 Å². The van der Waals surface area contributed by atoms with E-state index in [0.29, 0.717) is 27.7 Å². The number of halogens is 1. The lowest BCUT2D eigenvalue weighted by molar-refractivity contribution is -0.126. The van der Waals surface area contributed by atoms with Gasteiger partial charge in [0.15, 0.2) is 5.65 Å². The average molecular weight is 552 g/mol. The van der Waals surface area contributed by atoms with Gasteiger partial charge in [0.25, 0.3) is 0 Å². The molecule has 2 aromatic heterocycles. The second kappa shape index (κ2) is 10.7. The van der Waals surface area contributed by atoms with E-state index in [1.807, 2.05) is 6.07 Å². The maximum absolute atomic E-state index is 13.0. The van der Waals surface area contributed by atoms with E-state index in [1.54, 1.807) is 13.3 Å². The van der Waals surface area contributed by atoms with Gasteiger partial charge in [-0.1, -0.05) is 23.8 Å². The first-order chi connectivity index (χ1) is 19.0. The Morgan fingerprint density at radius 2 is 2.03 bits per heavy atom. The molecule has 10 nitrogen and oxygen atoms in total. The molecule has 4 N–H and O–H groups in total. The Hall–Kier alpha value is -3.34. The number of anilines is 2. The Balaban J connectivity index is 1.31. The van der Waals surface area contributed by atoms with Crippen LogP contribution < -0.4 is 20.3 Å². The summed E-state index contributed by atoms with van der Waals surface area (Å²) in [5, 5.41) is 16.1. The van der Waals surface area contributed by atoms with Gasteiger partial charge in [0.2, 0.25) is 5.91 Å². The number of nitrogens with one attached hydrogen (secondary N) is 3. The largest absolute Gasteiger partial charge is 0.496 e. The molecule has 4 unspecified atom stereocenters. The number of fused-ring (bicyclic) bond motifs is 3. The van der Waals surface area contributed by atoms with Crippen molar-refractivity contribution in [2.24, 2.45) is 17.8 Å². The minimum absolute atomic E-state index is 0.0599. The SMILES string of the molecule is COc1cc(N2CCN(C)CC2)ccc1-c1nc2ncc(Cl)c(NC3C4C=CC(C4)C3C(=O)NCCO)c2[nH]1. The number of imidazole rings is 1. The van der Waals surface area contributed by atoms with Crippen LogP contribution in [0.15, 0.2) is 36.5 Å². The Labute approximate surface area is 232 Å². The number of piperazine rings is 1. The molecule has 39 heavy (non-hydrogen) atoms. The normalized spacial score (nSPS) is 24.5. The average Bonchev–Trinajstić information content (AvgIpc) is 3.68. The number of carbonyl (C=O) groups excluding carboxylic acids is 1. The van der Waals surface area contributed by atoms with Gasteiger partial charge in [-0.3, -0.25) is 4.79 Å². The van der Waals surface area contributed by atoms with Gasteiger partial charge in [0.05, 0.1) is 42.1 Å². The van der Waals surface area contributed by atoms with Gasteiger partial charge in [-0.15, -0.1) is 0 Å². The van der Waals surface area contributed by atoms with Gasteiger partial charge < -0.3 is 35.3 Å². The first-order valence-corrected chi connectivity index (χ1v) is 13.8. The number of aromatic nitrogens is 3. The van der Waals surface area contributed by atoms with Crippen molar-refractivity contribution in [3.63, 3.8) is 0 Å². The predicted molar refractivity (Wildman–Crippen MR) is 152 cm³/mol. The molecule has 4 atom stereocenters. The number of hydrogen-bond donors (Lipinski definition) is 4. The zero-order valence-electron chi connectivity index (χ0n) is 22.2. The van der Waals surface area contributed by atoms with Crippen LogP contribution in [0.4, 0.5) is 11.4 Å². The van der Waals surface area contributed by atoms with Crippen molar-refractivity contribution in [3.05, 3.63) is 41.6 Å². The number of hydrogen-bond acceptors (Lipinski definition) is 8. The van der Waals surface area contributed by atoms with Crippen molar-refractivity contribution in [1.82, 2.24) is 25.2 Å². The summed E-state index contributed by atoms with van der Waals surface area (Å²) in [5.41, 5.74) is 3.85.